The number of nitro groups is 1. The summed E-state index contributed by atoms with van der Waals surface area (Å²) in [4.78, 5) is 39.7. The lowest BCUT2D eigenvalue weighted by atomic mass is 10.2. The molecule has 9 nitrogen and oxygen atoms in total. The minimum Gasteiger partial charge on any atom is -0.474 e. The van der Waals surface area contributed by atoms with E-state index < -0.39 is 28.7 Å². The zero-order valence-electron chi connectivity index (χ0n) is 13.7. The number of hydrogen-bond acceptors (Lipinski definition) is 7. The highest BCUT2D eigenvalue weighted by Gasteiger charge is 2.39. The van der Waals surface area contributed by atoms with Gasteiger partial charge in [-0.05, 0) is 35.7 Å². The van der Waals surface area contributed by atoms with Crippen LogP contribution in [0.25, 0.3) is 0 Å². The molecule has 9 heteroatoms. The van der Waals surface area contributed by atoms with Crippen LogP contribution >= 0.6 is 0 Å². The smallest absolute Gasteiger partial charge is 0.366 e. The lowest BCUT2D eigenvalue weighted by Crippen LogP contribution is -2.48. The van der Waals surface area contributed by atoms with Crippen LogP contribution < -0.4 is 9.64 Å². The van der Waals surface area contributed by atoms with Gasteiger partial charge in [0.1, 0.15) is 6.54 Å². The highest BCUT2D eigenvalue weighted by atomic mass is 16.6. The number of esters is 1. The molecule has 0 aromatic carbocycles. The first-order valence-corrected chi connectivity index (χ1v) is 7.70. The first-order chi connectivity index (χ1) is 11.4. The molecule has 0 saturated carbocycles. The molecule has 2 heterocycles. The van der Waals surface area contributed by atoms with Crippen molar-refractivity contribution in [3.63, 3.8) is 0 Å². The molecule has 2 rings (SSSR count). The molecule has 0 saturated heterocycles. The number of carbonyl (C=O) groups excluding carboxylic acids is 2. The van der Waals surface area contributed by atoms with Crippen molar-refractivity contribution < 1.29 is 24.0 Å². The van der Waals surface area contributed by atoms with Crippen molar-refractivity contribution in [3.05, 3.63) is 22.2 Å². The number of carbonyl (C=O) groups is 2. The van der Waals surface area contributed by atoms with Gasteiger partial charge in [-0.3, -0.25) is 14.5 Å². The van der Waals surface area contributed by atoms with E-state index in [1.807, 2.05) is 6.92 Å². The van der Waals surface area contributed by atoms with Gasteiger partial charge in [0.15, 0.2) is 11.9 Å². The van der Waals surface area contributed by atoms with E-state index in [2.05, 4.69) is 4.98 Å². The standard InChI is InChI=1S/C15H19N3O6/c1-4-9(3)23-13(19)8-17-14-11(24-10(5-2)15(17)20)6-7-12(16-14)18(21)22/h6-7,9-10H,4-5,8H2,1-3H3. The highest BCUT2D eigenvalue weighted by molar-refractivity contribution is 6.02. The molecule has 1 aromatic rings. The van der Waals surface area contributed by atoms with E-state index in [0.717, 1.165) is 4.90 Å². The van der Waals surface area contributed by atoms with Crippen molar-refractivity contribution in [1.29, 1.82) is 0 Å². The van der Waals surface area contributed by atoms with Gasteiger partial charge in [-0.15, -0.1) is 0 Å². The maximum atomic E-state index is 12.5. The molecular weight excluding hydrogens is 318 g/mol. The fourth-order valence-electron chi connectivity index (χ4n) is 2.18. The maximum Gasteiger partial charge on any atom is 0.366 e. The van der Waals surface area contributed by atoms with E-state index in [1.54, 1.807) is 13.8 Å². The van der Waals surface area contributed by atoms with Crippen molar-refractivity contribution >= 4 is 23.5 Å². The largest absolute Gasteiger partial charge is 0.474 e. The van der Waals surface area contributed by atoms with Gasteiger partial charge < -0.3 is 19.6 Å². The van der Waals surface area contributed by atoms with Gasteiger partial charge >= 0.3 is 11.8 Å². The Bertz CT molecular complexity index is 663. The maximum absolute atomic E-state index is 12.5. The van der Waals surface area contributed by atoms with Crippen molar-refractivity contribution in [3.8, 4) is 5.75 Å². The Morgan fingerprint density at radius 1 is 1.50 bits per heavy atom. The summed E-state index contributed by atoms with van der Waals surface area (Å²) in [5.41, 5.74) is 0. The van der Waals surface area contributed by atoms with Crippen LogP contribution in [0, 0.1) is 10.1 Å². The van der Waals surface area contributed by atoms with Crippen LogP contribution in [0.5, 0.6) is 5.75 Å². The molecule has 130 valence electrons. The van der Waals surface area contributed by atoms with Crippen LogP contribution in [0.2, 0.25) is 0 Å². The average molecular weight is 337 g/mol. The Kier molecular flexibility index (Phi) is 5.32. The summed E-state index contributed by atoms with van der Waals surface area (Å²) in [6.07, 6.45) is -0.0161. The van der Waals surface area contributed by atoms with Crippen molar-refractivity contribution in [1.82, 2.24) is 4.98 Å². The molecule has 24 heavy (non-hydrogen) atoms. The van der Waals surface area contributed by atoms with Crippen molar-refractivity contribution in [2.75, 3.05) is 11.4 Å². The molecule has 2 unspecified atom stereocenters. The van der Waals surface area contributed by atoms with Crippen LogP contribution in [0.15, 0.2) is 12.1 Å². The van der Waals surface area contributed by atoms with E-state index in [0.29, 0.717) is 12.8 Å². The monoisotopic (exact) mass is 337 g/mol. The highest BCUT2D eigenvalue weighted by Crippen LogP contribution is 2.34. The van der Waals surface area contributed by atoms with E-state index in [-0.39, 0.29) is 24.2 Å². The van der Waals surface area contributed by atoms with Crippen LogP contribution in [0.1, 0.15) is 33.6 Å². The zero-order valence-corrected chi connectivity index (χ0v) is 13.7. The number of ether oxygens (including phenoxy) is 2. The molecule has 0 radical (unpaired) electrons. The van der Waals surface area contributed by atoms with Crippen LogP contribution in [0.3, 0.4) is 0 Å². The summed E-state index contributed by atoms with van der Waals surface area (Å²) in [5.74, 6) is -1.32. The third-order valence-corrected chi connectivity index (χ3v) is 3.64. The van der Waals surface area contributed by atoms with Gasteiger partial charge in [0.05, 0.1) is 6.10 Å². The first-order valence-electron chi connectivity index (χ1n) is 7.70. The quantitative estimate of drug-likeness (QED) is 0.442. The molecule has 0 fully saturated rings. The third kappa shape index (κ3) is 3.61. The van der Waals surface area contributed by atoms with Crippen LogP contribution in [0.4, 0.5) is 11.6 Å². The Morgan fingerprint density at radius 3 is 2.79 bits per heavy atom. The summed E-state index contributed by atoms with van der Waals surface area (Å²) in [5, 5.41) is 10.9. The normalized spacial score (nSPS) is 17.7. The Balaban J connectivity index is 2.34. The average Bonchev–Trinajstić information content (AvgIpc) is 2.56. The van der Waals surface area contributed by atoms with E-state index in [9.17, 15) is 19.7 Å². The van der Waals surface area contributed by atoms with Gasteiger partial charge in [0.2, 0.25) is 0 Å². The second-order valence-corrected chi connectivity index (χ2v) is 5.40. The summed E-state index contributed by atoms with van der Waals surface area (Å²) in [6.45, 7) is 5.00. The Morgan fingerprint density at radius 2 is 2.21 bits per heavy atom. The van der Waals surface area contributed by atoms with Gasteiger partial charge in [-0.25, -0.2) is 0 Å². The summed E-state index contributed by atoms with van der Waals surface area (Å²) in [6, 6.07) is 2.57. The number of pyridine rings is 1. The summed E-state index contributed by atoms with van der Waals surface area (Å²) in [7, 11) is 0. The lowest BCUT2D eigenvalue weighted by Gasteiger charge is -2.30. The Labute approximate surface area is 138 Å². The first kappa shape index (κ1) is 17.6. The molecular formula is C15H19N3O6. The lowest BCUT2D eigenvalue weighted by molar-refractivity contribution is -0.389. The molecule has 1 aliphatic heterocycles. The van der Waals surface area contributed by atoms with Crippen LogP contribution in [-0.4, -0.2) is 40.5 Å². The molecule has 0 bridgehead atoms. The van der Waals surface area contributed by atoms with Gasteiger partial charge in [-0.1, -0.05) is 13.8 Å². The van der Waals surface area contributed by atoms with Gasteiger partial charge in [0, 0.05) is 6.07 Å². The molecule has 1 aliphatic rings. The van der Waals surface area contributed by atoms with E-state index in [4.69, 9.17) is 9.47 Å². The molecule has 1 aromatic heterocycles. The predicted octanol–water partition coefficient (Wildman–Crippen LogP) is 1.84. The van der Waals surface area contributed by atoms with E-state index >= 15 is 0 Å². The number of anilines is 1. The summed E-state index contributed by atoms with van der Waals surface area (Å²) < 4.78 is 10.7. The number of rotatable bonds is 6. The van der Waals surface area contributed by atoms with Crippen molar-refractivity contribution in [2.45, 2.75) is 45.8 Å². The summed E-state index contributed by atoms with van der Waals surface area (Å²) >= 11 is 0. The third-order valence-electron chi connectivity index (χ3n) is 3.64. The fourth-order valence-corrected chi connectivity index (χ4v) is 2.18. The minimum atomic E-state index is -0.767. The molecule has 2 atom stereocenters. The van der Waals surface area contributed by atoms with Crippen molar-refractivity contribution in [2.24, 2.45) is 0 Å². The zero-order chi connectivity index (χ0) is 17.9. The topological polar surface area (TPSA) is 112 Å². The number of amides is 1. The Hall–Kier alpha value is -2.71. The number of aromatic nitrogens is 1. The second kappa shape index (κ2) is 7.24. The van der Waals surface area contributed by atoms with Gasteiger partial charge in [0.25, 0.3) is 11.7 Å². The molecule has 0 N–H and O–H groups in total. The second-order valence-electron chi connectivity index (χ2n) is 5.40. The molecule has 0 aliphatic carbocycles. The minimum absolute atomic E-state index is 0.0417. The number of nitrogens with zero attached hydrogens (tertiary/aromatic N) is 3. The predicted molar refractivity (Wildman–Crippen MR) is 83.8 cm³/mol. The fraction of sp³-hybridized carbons (Fsp3) is 0.533. The number of fused-ring (bicyclic) bond motifs is 1. The number of hydrogen-bond donors (Lipinski definition) is 0. The van der Waals surface area contributed by atoms with E-state index in [1.165, 1.54) is 12.1 Å². The SMILES string of the molecule is CCC(C)OC(=O)CN1C(=O)C(CC)Oc2ccc([N+](=O)[O-])nc21. The molecule has 1 amide bonds. The molecule has 0 spiro atoms. The van der Waals surface area contributed by atoms with Gasteiger partial charge in [-0.2, -0.15) is 0 Å². The van der Waals surface area contributed by atoms with Crippen LogP contribution in [-0.2, 0) is 14.3 Å².